The number of halogens is 2. The molecule has 2 rings (SSSR count). The summed E-state index contributed by atoms with van der Waals surface area (Å²) in [7, 11) is -3.07. The van der Waals surface area contributed by atoms with Crippen LogP contribution in [-0.4, -0.2) is 29.5 Å². The van der Waals surface area contributed by atoms with Gasteiger partial charge in [-0.15, -0.1) is 23.2 Å². The van der Waals surface area contributed by atoms with Crippen molar-refractivity contribution in [2.24, 2.45) is 0 Å². The molecular formula is C11H15Cl2N2O2P. The first-order chi connectivity index (χ1) is 8.69. The van der Waals surface area contributed by atoms with Crippen molar-refractivity contribution in [3.05, 3.63) is 29.8 Å². The highest BCUT2D eigenvalue weighted by atomic mass is 35.5. The predicted molar refractivity (Wildman–Crippen MR) is 74.5 cm³/mol. The minimum Gasteiger partial charge on any atom is -0.422 e. The van der Waals surface area contributed by atoms with E-state index in [1.54, 1.807) is 4.67 Å². The molecule has 0 amide bonds. The molecule has 1 heterocycles. The van der Waals surface area contributed by atoms with E-state index < -0.39 is 7.67 Å². The lowest BCUT2D eigenvalue weighted by Crippen LogP contribution is -2.35. The van der Waals surface area contributed by atoms with Crippen molar-refractivity contribution in [2.45, 2.75) is 6.54 Å². The molecule has 1 aromatic rings. The second-order valence-electron chi connectivity index (χ2n) is 3.89. The first kappa shape index (κ1) is 14.2. The van der Waals surface area contributed by atoms with Gasteiger partial charge < -0.3 is 4.52 Å². The summed E-state index contributed by atoms with van der Waals surface area (Å²) in [6, 6.07) is 7.55. The molecular weight excluding hydrogens is 294 g/mol. The minimum absolute atomic E-state index is 0.383. The smallest absolute Gasteiger partial charge is 0.393 e. The molecule has 0 radical (unpaired) electrons. The number of hydrogen-bond donors (Lipinski definition) is 1. The Hall–Kier alpha value is -0.250. The third-order valence-electron chi connectivity index (χ3n) is 2.72. The van der Waals surface area contributed by atoms with Crippen LogP contribution in [0.1, 0.15) is 5.56 Å². The summed E-state index contributed by atoms with van der Waals surface area (Å²) in [6.07, 6.45) is 0. The Bertz CT molecular complexity index is 452. The molecule has 1 aliphatic rings. The molecule has 0 fully saturated rings. The average molecular weight is 309 g/mol. The van der Waals surface area contributed by atoms with Crippen LogP contribution < -0.4 is 9.61 Å². The number of fused-ring (bicyclic) bond motifs is 1. The molecule has 1 unspecified atom stereocenters. The first-order valence-corrected chi connectivity index (χ1v) is 8.34. The van der Waals surface area contributed by atoms with Gasteiger partial charge in [0.15, 0.2) is 0 Å². The fraction of sp³-hybridized carbons (Fsp3) is 0.455. The summed E-state index contributed by atoms with van der Waals surface area (Å²) in [5.74, 6) is 1.43. The summed E-state index contributed by atoms with van der Waals surface area (Å²) in [6.45, 7) is 1.47. The van der Waals surface area contributed by atoms with Crippen molar-refractivity contribution in [1.29, 1.82) is 0 Å². The molecule has 7 heteroatoms. The first-order valence-electron chi connectivity index (χ1n) is 5.69. The highest BCUT2D eigenvalue weighted by molar-refractivity contribution is 7.54. The normalized spacial score (nSPS) is 22.6. The van der Waals surface area contributed by atoms with E-state index in [-0.39, 0.29) is 0 Å². The van der Waals surface area contributed by atoms with Crippen LogP contribution in [0.4, 0.5) is 0 Å². The van der Waals surface area contributed by atoms with Gasteiger partial charge in [-0.3, -0.25) is 0 Å². The van der Waals surface area contributed by atoms with E-state index in [0.29, 0.717) is 37.1 Å². The van der Waals surface area contributed by atoms with Gasteiger partial charge in [0.2, 0.25) is 0 Å². The third-order valence-corrected chi connectivity index (χ3v) is 5.21. The lowest BCUT2D eigenvalue weighted by molar-refractivity contribution is 0.349. The Morgan fingerprint density at radius 3 is 2.61 bits per heavy atom. The number of alkyl halides is 2. The van der Waals surface area contributed by atoms with E-state index in [0.717, 1.165) is 5.56 Å². The summed E-state index contributed by atoms with van der Waals surface area (Å²) in [5, 5.41) is 2.96. The third kappa shape index (κ3) is 3.01. The fourth-order valence-corrected chi connectivity index (χ4v) is 4.38. The zero-order valence-corrected chi connectivity index (χ0v) is 12.2. The van der Waals surface area contributed by atoms with E-state index >= 15 is 0 Å². The summed E-state index contributed by atoms with van der Waals surface area (Å²) in [5.41, 5.74) is 1.00. The van der Waals surface area contributed by atoms with Crippen molar-refractivity contribution in [3.63, 3.8) is 0 Å². The van der Waals surface area contributed by atoms with Crippen molar-refractivity contribution in [2.75, 3.05) is 24.8 Å². The molecule has 4 nitrogen and oxygen atoms in total. The number of hydrogen-bond acceptors (Lipinski definition) is 2. The van der Waals surface area contributed by atoms with Gasteiger partial charge in [0.1, 0.15) is 5.75 Å². The van der Waals surface area contributed by atoms with Crippen LogP contribution in [0.3, 0.4) is 0 Å². The maximum atomic E-state index is 12.8. The number of rotatable bonds is 5. The van der Waals surface area contributed by atoms with Gasteiger partial charge in [-0.1, -0.05) is 18.2 Å². The minimum atomic E-state index is -3.07. The molecule has 1 aromatic carbocycles. The van der Waals surface area contributed by atoms with E-state index in [4.69, 9.17) is 27.7 Å². The molecule has 1 N–H and O–H groups in total. The Morgan fingerprint density at radius 1 is 1.28 bits per heavy atom. The number of benzene rings is 1. The Morgan fingerprint density at radius 2 is 1.94 bits per heavy atom. The van der Waals surface area contributed by atoms with Gasteiger partial charge in [0, 0.05) is 37.0 Å². The summed E-state index contributed by atoms with van der Waals surface area (Å²) < 4.78 is 20.1. The van der Waals surface area contributed by atoms with Crippen LogP contribution in [0.2, 0.25) is 0 Å². The van der Waals surface area contributed by atoms with Gasteiger partial charge in [0.05, 0.1) is 0 Å². The van der Waals surface area contributed by atoms with Crippen LogP contribution in [0.5, 0.6) is 5.75 Å². The molecule has 0 saturated carbocycles. The lowest BCUT2D eigenvalue weighted by Gasteiger charge is -2.34. The fourth-order valence-electron chi connectivity index (χ4n) is 1.82. The van der Waals surface area contributed by atoms with Crippen LogP contribution >= 0.6 is 30.9 Å². The second kappa shape index (κ2) is 6.27. The molecule has 0 bridgehead atoms. The van der Waals surface area contributed by atoms with Crippen molar-refractivity contribution >= 4 is 30.9 Å². The molecule has 18 heavy (non-hydrogen) atoms. The molecule has 0 saturated heterocycles. The van der Waals surface area contributed by atoms with Crippen LogP contribution in [-0.2, 0) is 11.1 Å². The second-order valence-corrected chi connectivity index (χ2v) is 6.75. The zero-order chi connectivity index (χ0) is 13.0. The van der Waals surface area contributed by atoms with Gasteiger partial charge >= 0.3 is 7.67 Å². The summed E-state index contributed by atoms with van der Waals surface area (Å²) in [4.78, 5) is 0. The molecule has 0 aromatic heterocycles. The highest BCUT2D eigenvalue weighted by Crippen LogP contribution is 2.50. The molecule has 1 aliphatic heterocycles. The number of nitrogens with zero attached hydrogens (tertiary/aromatic N) is 1. The Labute approximate surface area is 117 Å². The average Bonchev–Trinajstić information content (AvgIpc) is 2.38. The largest absolute Gasteiger partial charge is 0.422 e. The summed E-state index contributed by atoms with van der Waals surface area (Å²) >= 11 is 11.4. The Balaban J connectivity index is 2.20. The molecule has 1 atom stereocenters. The predicted octanol–water partition coefficient (Wildman–Crippen LogP) is 3.06. The SMILES string of the molecule is O=P1(N(CCCl)CCCl)NCc2ccccc2O1. The van der Waals surface area contributed by atoms with E-state index in [1.165, 1.54) is 0 Å². The maximum Gasteiger partial charge on any atom is 0.393 e. The quantitative estimate of drug-likeness (QED) is 0.670. The molecule has 0 aliphatic carbocycles. The van der Waals surface area contributed by atoms with Crippen molar-refractivity contribution in [3.8, 4) is 5.75 Å². The van der Waals surface area contributed by atoms with Gasteiger partial charge in [-0.25, -0.2) is 14.3 Å². The number of nitrogens with one attached hydrogen (secondary N) is 1. The van der Waals surface area contributed by atoms with Crippen LogP contribution in [0, 0.1) is 0 Å². The topological polar surface area (TPSA) is 41.6 Å². The van der Waals surface area contributed by atoms with Gasteiger partial charge in [-0.2, -0.15) is 0 Å². The van der Waals surface area contributed by atoms with E-state index in [2.05, 4.69) is 5.09 Å². The van der Waals surface area contributed by atoms with Gasteiger partial charge in [0.25, 0.3) is 0 Å². The van der Waals surface area contributed by atoms with Crippen molar-refractivity contribution in [1.82, 2.24) is 9.76 Å². The maximum absolute atomic E-state index is 12.8. The van der Waals surface area contributed by atoms with E-state index in [9.17, 15) is 4.57 Å². The van der Waals surface area contributed by atoms with Crippen LogP contribution in [0.25, 0.3) is 0 Å². The monoisotopic (exact) mass is 308 g/mol. The molecule has 0 spiro atoms. The Kier molecular flexibility index (Phi) is 4.93. The van der Waals surface area contributed by atoms with E-state index in [1.807, 2.05) is 24.3 Å². The lowest BCUT2D eigenvalue weighted by atomic mass is 10.2. The standard InChI is InChI=1S/C11H15Cl2N2O2P/c12-5-7-15(8-6-13)18(16)14-9-10-3-1-2-4-11(10)17-18/h1-4H,5-9H2,(H,14,16). The number of para-hydroxylation sites is 1. The zero-order valence-electron chi connectivity index (χ0n) is 9.81. The molecule has 100 valence electrons. The van der Waals surface area contributed by atoms with Gasteiger partial charge in [-0.05, 0) is 6.07 Å². The highest BCUT2D eigenvalue weighted by Gasteiger charge is 2.36. The van der Waals surface area contributed by atoms with Crippen LogP contribution in [0.15, 0.2) is 24.3 Å². The van der Waals surface area contributed by atoms with Crippen molar-refractivity contribution < 1.29 is 9.09 Å².